The Morgan fingerprint density at radius 3 is 2.42 bits per heavy atom. The van der Waals surface area contributed by atoms with Crippen LogP contribution in [0.15, 0.2) is 42.5 Å². The Hall–Kier alpha value is -2.67. The molecule has 1 aliphatic heterocycles. The number of benzene rings is 1. The molecule has 0 radical (unpaired) electrons. The van der Waals surface area contributed by atoms with Crippen molar-refractivity contribution in [3.63, 3.8) is 0 Å². The molecule has 7 heteroatoms. The molecule has 7 nitrogen and oxygen atoms in total. The number of aliphatic hydroxyl groups is 1. The Morgan fingerprint density at radius 1 is 1.13 bits per heavy atom. The van der Waals surface area contributed by atoms with Crippen LogP contribution in [0.25, 0.3) is 0 Å². The van der Waals surface area contributed by atoms with Crippen LogP contribution in [0.3, 0.4) is 0 Å². The summed E-state index contributed by atoms with van der Waals surface area (Å²) in [6, 6.07) is 8.36. The van der Waals surface area contributed by atoms with E-state index in [-0.39, 0.29) is 30.2 Å². The van der Waals surface area contributed by atoms with Crippen LogP contribution < -0.4 is 10.6 Å². The molecule has 0 aromatic heterocycles. The Balaban J connectivity index is 1.95. The van der Waals surface area contributed by atoms with E-state index in [4.69, 9.17) is 0 Å². The van der Waals surface area contributed by atoms with Crippen LogP contribution in [0.1, 0.15) is 32.3 Å². The number of aliphatic hydroxyl groups excluding tert-OH is 1. The standard InChI is InChI=1S/C24H33N3O4/c1-4-16-11-12-18-20(19(16)22(29)25-3)24(31)27(17(5-2)14-28)21(18)23(30)26-13-15-9-7-6-8-10-15/h6-12,16-21,28H,4-5,13-14H2,1-3H3,(H,25,29)(H,26,30)/t16-,17+,18+,19-,20-,21+/m1/s1. The smallest absolute Gasteiger partial charge is 0.243 e. The van der Waals surface area contributed by atoms with E-state index in [1.807, 2.05) is 56.3 Å². The van der Waals surface area contributed by atoms with Gasteiger partial charge in [-0.2, -0.15) is 0 Å². The van der Waals surface area contributed by atoms with Crippen LogP contribution in [0, 0.1) is 23.7 Å². The van der Waals surface area contributed by atoms with Gasteiger partial charge in [-0.15, -0.1) is 0 Å². The topological polar surface area (TPSA) is 98.7 Å². The van der Waals surface area contributed by atoms with Crippen LogP contribution in [0.2, 0.25) is 0 Å². The maximum Gasteiger partial charge on any atom is 0.243 e. The first kappa shape index (κ1) is 23.0. The molecule has 3 amide bonds. The number of carbonyl (C=O) groups excluding carboxylic acids is 3. The lowest BCUT2D eigenvalue weighted by Gasteiger charge is -2.34. The van der Waals surface area contributed by atoms with Crippen LogP contribution in [-0.2, 0) is 20.9 Å². The number of likely N-dealkylation sites (tertiary alicyclic amines) is 1. The Bertz CT molecular complexity index is 821. The molecule has 6 atom stereocenters. The first-order chi connectivity index (χ1) is 15.0. The molecule has 3 rings (SSSR count). The van der Waals surface area contributed by atoms with Crippen molar-refractivity contribution in [2.75, 3.05) is 13.7 Å². The number of nitrogens with zero attached hydrogens (tertiary/aromatic N) is 1. The van der Waals surface area contributed by atoms with Gasteiger partial charge in [-0.3, -0.25) is 14.4 Å². The van der Waals surface area contributed by atoms with Gasteiger partial charge in [-0.1, -0.05) is 56.3 Å². The Morgan fingerprint density at radius 2 is 1.84 bits per heavy atom. The molecular formula is C24H33N3O4. The van der Waals surface area contributed by atoms with Crippen molar-refractivity contribution in [1.82, 2.24) is 15.5 Å². The highest BCUT2D eigenvalue weighted by Crippen LogP contribution is 2.45. The fraction of sp³-hybridized carbons (Fsp3) is 0.542. The average Bonchev–Trinajstić information content (AvgIpc) is 3.10. The minimum atomic E-state index is -0.750. The zero-order chi connectivity index (χ0) is 22.5. The molecule has 1 aromatic rings. The van der Waals surface area contributed by atoms with Crippen molar-refractivity contribution in [3.05, 3.63) is 48.0 Å². The molecular weight excluding hydrogens is 394 g/mol. The van der Waals surface area contributed by atoms with Gasteiger partial charge < -0.3 is 20.6 Å². The molecule has 31 heavy (non-hydrogen) atoms. The van der Waals surface area contributed by atoms with Crippen molar-refractivity contribution in [1.29, 1.82) is 0 Å². The van der Waals surface area contributed by atoms with Crippen LogP contribution in [0.4, 0.5) is 0 Å². The second-order valence-electron chi connectivity index (χ2n) is 8.34. The summed E-state index contributed by atoms with van der Waals surface area (Å²) in [7, 11) is 1.58. The van der Waals surface area contributed by atoms with Crippen molar-refractivity contribution in [2.45, 2.75) is 45.3 Å². The largest absolute Gasteiger partial charge is 0.394 e. The highest BCUT2D eigenvalue weighted by Gasteiger charge is 2.58. The van der Waals surface area contributed by atoms with E-state index in [1.54, 1.807) is 7.05 Å². The molecule has 2 aliphatic rings. The summed E-state index contributed by atoms with van der Waals surface area (Å²) in [5, 5.41) is 15.6. The third-order valence-corrected chi connectivity index (χ3v) is 6.72. The fourth-order valence-corrected chi connectivity index (χ4v) is 5.06. The van der Waals surface area contributed by atoms with Crippen molar-refractivity contribution in [2.24, 2.45) is 23.7 Å². The summed E-state index contributed by atoms with van der Waals surface area (Å²) in [4.78, 5) is 41.2. The maximum absolute atomic E-state index is 13.6. The minimum absolute atomic E-state index is 0.0627. The summed E-state index contributed by atoms with van der Waals surface area (Å²) in [6.07, 6.45) is 5.17. The van der Waals surface area contributed by atoms with Gasteiger partial charge >= 0.3 is 0 Å². The van der Waals surface area contributed by atoms with E-state index in [9.17, 15) is 19.5 Å². The van der Waals surface area contributed by atoms with E-state index < -0.39 is 29.8 Å². The van der Waals surface area contributed by atoms with Crippen LogP contribution in [0.5, 0.6) is 0 Å². The van der Waals surface area contributed by atoms with Gasteiger partial charge in [0.25, 0.3) is 0 Å². The Kier molecular flexibility index (Phi) is 7.49. The Labute approximate surface area is 183 Å². The first-order valence-corrected chi connectivity index (χ1v) is 11.1. The second kappa shape index (κ2) is 10.1. The minimum Gasteiger partial charge on any atom is -0.394 e. The second-order valence-corrected chi connectivity index (χ2v) is 8.34. The summed E-state index contributed by atoms with van der Waals surface area (Å²) in [5.41, 5.74) is 0.964. The van der Waals surface area contributed by atoms with Gasteiger partial charge in [-0.05, 0) is 24.3 Å². The summed E-state index contributed by atoms with van der Waals surface area (Å²) in [5.74, 6) is -2.26. The average molecular weight is 428 g/mol. The maximum atomic E-state index is 13.6. The molecule has 3 N–H and O–H groups in total. The van der Waals surface area contributed by atoms with Crippen LogP contribution in [-0.4, -0.2) is 53.5 Å². The van der Waals surface area contributed by atoms with Gasteiger partial charge in [0.15, 0.2) is 0 Å². The normalized spacial score (nSPS) is 28.2. The van der Waals surface area contributed by atoms with Crippen molar-refractivity contribution < 1.29 is 19.5 Å². The molecule has 0 saturated carbocycles. The lowest BCUT2D eigenvalue weighted by Crippen LogP contribution is -2.52. The van der Waals surface area contributed by atoms with E-state index >= 15 is 0 Å². The number of hydrogen-bond acceptors (Lipinski definition) is 4. The quantitative estimate of drug-likeness (QED) is 0.547. The molecule has 1 aromatic carbocycles. The predicted molar refractivity (Wildman–Crippen MR) is 118 cm³/mol. The highest BCUT2D eigenvalue weighted by atomic mass is 16.3. The zero-order valence-corrected chi connectivity index (χ0v) is 18.5. The van der Waals surface area contributed by atoms with Crippen LogP contribution >= 0.6 is 0 Å². The number of hydrogen-bond donors (Lipinski definition) is 3. The van der Waals surface area contributed by atoms with Gasteiger partial charge in [0, 0.05) is 19.5 Å². The van der Waals surface area contributed by atoms with Crippen molar-refractivity contribution >= 4 is 17.7 Å². The summed E-state index contributed by atoms with van der Waals surface area (Å²) < 4.78 is 0. The van der Waals surface area contributed by atoms with Gasteiger partial charge in [0.05, 0.1) is 24.5 Å². The van der Waals surface area contributed by atoms with E-state index in [2.05, 4.69) is 10.6 Å². The highest BCUT2D eigenvalue weighted by molar-refractivity contribution is 5.97. The molecule has 1 saturated heterocycles. The number of fused-ring (bicyclic) bond motifs is 1. The molecule has 0 unspecified atom stereocenters. The third kappa shape index (κ3) is 4.37. The van der Waals surface area contributed by atoms with E-state index in [0.717, 1.165) is 12.0 Å². The first-order valence-electron chi connectivity index (χ1n) is 11.1. The third-order valence-electron chi connectivity index (χ3n) is 6.72. The molecule has 1 aliphatic carbocycles. The molecule has 0 bridgehead atoms. The van der Waals surface area contributed by atoms with E-state index in [0.29, 0.717) is 13.0 Å². The predicted octanol–water partition coefficient (Wildman–Crippen LogP) is 1.48. The SMILES string of the molecule is CC[C@@H](CO)N1C(=O)[C@@H]2[C@H](C=C[C@@H](CC)[C@H]2C(=O)NC)[C@H]1C(=O)NCc1ccccc1. The van der Waals surface area contributed by atoms with Gasteiger partial charge in [0.1, 0.15) is 6.04 Å². The number of nitrogens with one attached hydrogen (secondary N) is 2. The molecule has 168 valence electrons. The summed E-state index contributed by atoms with van der Waals surface area (Å²) >= 11 is 0. The zero-order valence-electron chi connectivity index (χ0n) is 18.5. The number of allylic oxidation sites excluding steroid dienone is 1. The number of rotatable bonds is 8. The van der Waals surface area contributed by atoms with Gasteiger partial charge in [-0.25, -0.2) is 0 Å². The number of amides is 3. The summed E-state index contributed by atoms with van der Waals surface area (Å²) in [6.45, 7) is 4.01. The lowest BCUT2D eigenvalue weighted by atomic mass is 9.69. The lowest BCUT2D eigenvalue weighted by molar-refractivity contribution is -0.143. The molecule has 1 fully saturated rings. The number of carbonyl (C=O) groups is 3. The van der Waals surface area contributed by atoms with Crippen molar-refractivity contribution in [3.8, 4) is 0 Å². The fourth-order valence-electron chi connectivity index (χ4n) is 5.06. The monoisotopic (exact) mass is 427 g/mol. The molecule has 0 spiro atoms. The van der Waals surface area contributed by atoms with Gasteiger partial charge in [0.2, 0.25) is 17.7 Å². The molecule has 1 heterocycles. The van der Waals surface area contributed by atoms with E-state index in [1.165, 1.54) is 4.90 Å².